The summed E-state index contributed by atoms with van der Waals surface area (Å²) in [6.45, 7) is 13.1. The predicted octanol–water partition coefficient (Wildman–Crippen LogP) is 7.42. The molecule has 0 amide bonds. The van der Waals surface area contributed by atoms with E-state index in [4.69, 9.17) is 0 Å². The van der Waals surface area contributed by atoms with Crippen molar-refractivity contribution in [2.24, 2.45) is 0 Å². The van der Waals surface area contributed by atoms with Crippen molar-refractivity contribution in [2.75, 3.05) is 36.0 Å². The fourth-order valence-electron chi connectivity index (χ4n) is 4.39. The van der Waals surface area contributed by atoms with Crippen LogP contribution in [0.4, 0.5) is 11.4 Å². The van der Waals surface area contributed by atoms with Crippen LogP contribution < -0.4 is 9.80 Å². The van der Waals surface area contributed by atoms with Gasteiger partial charge in [-0.25, -0.2) is 0 Å². The molecule has 0 radical (unpaired) electrons. The zero-order chi connectivity index (χ0) is 21.3. The van der Waals surface area contributed by atoms with Crippen molar-refractivity contribution in [3.05, 3.63) is 70.8 Å². The van der Waals surface area contributed by atoms with Gasteiger partial charge < -0.3 is 9.80 Å². The predicted molar refractivity (Wildman–Crippen MR) is 134 cm³/mol. The summed E-state index contributed by atoms with van der Waals surface area (Å²) in [5.74, 6) is 0. The molecule has 2 aromatic rings. The first kappa shape index (κ1) is 22.2. The van der Waals surface area contributed by atoms with E-state index in [2.05, 4.69) is 98.2 Å². The van der Waals surface area contributed by atoms with Crippen LogP contribution in [0.5, 0.6) is 0 Å². The number of nitrogens with zero attached hydrogens (tertiary/aromatic N) is 2. The Morgan fingerprint density at radius 1 is 0.533 bits per heavy atom. The molecule has 0 aromatic heterocycles. The average Bonchev–Trinajstić information content (AvgIpc) is 2.79. The van der Waals surface area contributed by atoms with Gasteiger partial charge in [0, 0.05) is 37.6 Å². The smallest absolute Gasteiger partial charge is 0.0366 e. The van der Waals surface area contributed by atoms with Crippen molar-refractivity contribution in [3.8, 4) is 0 Å². The van der Waals surface area contributed by atoms with Gasteiger partial charge in [-0.2, -0.15) is 0 Å². The van der Waals surface area contributed by atoms with Crippen molar-refractivity contribution >= 4 is 23.5 Å². The van der Waals surface area contributed by atoms with Crippen molar-refractivity contribution in [1.82, 2.24) is 0 Å². The van der Waals surface area contributed by atoms with Gasteiger partial charge in [0.1, 0.15) is 0 Å². The topological polar surface area (TPSA) is 6.48 Å². The maximum absolute atomic E-state index is 2.40. The second-order valence-electron chi connectivity index (χ2n) is 8.13. The molecule has 0 saturated heterocycles. The standard InChI is InChI=1S/C28H38N2/c1-5-29(6-2)27-17-13-25(14-18-27)21-23-9-11-24(12-10-23)22-26-15-19-28(20-16-26)30(7-3)8-4/h13-22H,5-12H2,1-4H3. The highest BCUT2D eigenvalue weighted by Crippen LogP contribution is 2.31. The number of hydrogen-bond acceptors (Lipinski definition) is 2. The summed E-state index contributed by atoms with van der Waals surface area (Å²) >= 11 is 0. The van der Waals surface area contributed by atoms with Gasteiger partial charge in [0.25, 0.3) is 0 Å². The molecule has 30 heavy (non-hydrogen) atoms. The molecular formula is C28H38N2. The molecular weight excluding hydrogens is 364 g/mol. The molecule has 0 N–H and O–H groups in total. The zero-order valence-electron chi connectivity index (χ0n) is 19.3. The van der Waals surface area contributed by atoms with E-state index in [0.717, 1.165) is 26.2 Å². The molecule has 1 aliphatic rings. The Labute approximate surface area is 183 Å². The summed E-state index contributed by atoms with van der Waals surface area (Å²) in [7, 11) is 0. The van der Waals surface area contributed by atoms with E-state index >= 15 is 0 Å². The lowest BCUT2D eigenvalue weighted by Gasteiger charge is -2.21. The van der Waals surface area contributed by atoms with E-state index in [1.165, 1.54) is 48.2 Å². The largest absolute Gasteiger partial charge is 0.372 e. The molecule has 2 aromatic carbocycles. The summed E-state index contributed by atoms with van der Waals surface area (Å²) in [4.78, 5) is 4.78. The van der Waals surface area contributed by atoms with Crippen LogP contribution >= 0.6 is 0 Å². The maximum atomic E-state index is 2.40. The van der Waals surface area contributed by atoms with Gasteiger partial charge >= 0.3 is 0 Å². The third kappa shape index (κ3) is 5.78. The highest BCUT2D eigenvalue weighted by atomic mass is 15.1. The molecule has 0 bridgehead atoms. The molecule has 3 rings (SSSR count). The van der Waals surface area contributed by atoms with Gasteiger partial charge in [-0.1, -0.05) is 47.6 Å². The van der Waals surface area contributed by atoms with Crippen molar-refractivity contribution in [1.29, 1.82) is 0 Å². The summed E-state index contributed by atoms with van der Waals surface area (Å²) in [5.41, 5.74) is 8.48. The minimum atomic E-state index is 1.06. The second kappa shape index (κ2) is 11.1. The average molecular weight is 403 g/mol. The third-order valence-electron chi connectivity index (χ3n) is 6.32. The van der Waals surface area contributed by atoms with Crippen molar-refractivity contribution in [3.63, 3.8) is 0 Å². The summed E-state index contributed by atoms with van der Waals surface area (Å²) in [6.07, 6.45) is 9.54. The maximum Gasteiger partial charge on any atom is 0.0366 e. The van der Waals surface area contributed by atoms with Crippen LogP contribution in [-0.2, 0) is 0 Å². The van der Waals surface area contributed by atoms with Crippen molar-refractivity contribution < 1.29 is 0 Å². The number of allylic oxidation sites excluding steroid dienone is 2. The minimum Gasteiger partial charge on any atom is -0.372 e. The zero-order valence-corrected chi connectivity index (χ0v) is 19.3. The van der Waals surface area contributed by atoms with Gasteiger partial charge in [-0.3, -0.25) is 0 Å². The van der Waals surface area contributed by atoms with Gasteiger partial charge in [0.15, 0.2) is 0 Å². The molecule has 1 fully saturated rings. The fraction of sp³-hybridized carbons (Fsp3) is 0.429. The van der Waals surface area contributed by atoms with Crippen LogP contribution in [0.25, 0.3) is 12.2 Å². The molecule has 2 nitrogen and oxygen atoms in total. The van der Waals surface area contributed by atoms with Crippen molar-refractivity contribution in [2.45, 2.75) is 53.4 Å². The number of rotatable bonds is 8. The number of anilines is 2. The summed E-state index contributed by atoms with van der Waals surface area (Å²) < 4.78 is 0. The lowest BCUT2D eigenvalue weighted by atomic mass is 9.88. The van der Waals surface area contributed by atoms with Crippen LogP contribution in [0.1, 0.15) is 64.5 Å². The summed E-state index contributed by atoms with van der Waals surface area (Å²) in [6, 6.07) is 18.1. The first-order valence-electron chi connectivity index (χ1n) is 11.8. The van der Waals surface area contributed by atoms with E-state index in [1.54, 1.807) is 11.1 Å². The highest BCUT2D eigenvalue weighted by Gasteiger charge is 2.11. The van der Waals surface area contributed by atoms with Crippen LogP contribution in [0.2, 0.25) is 0 Å². The monoisotopic (exact) mass is 402 g/mol. The van der Waals surface area contributed by atoms with Crippen LogP contribution in [0, 0.1) is 0 Å². The Kier molecular flexibility index (Phi) is 8.19. The SMILES string of the molecule is CCN(CC)c1ccc(C=C2CCC(=Cc3ccc(N(CC)CC)cc3)CC2)cc1. The Morgan fingerprint density at radius 2 is 0.833 bits per heavy atom. The Bertz CT molecular complexity index is 750. The molecule has 0 aliphatic heterocycles. The Balaban J connectivity index is 1.59. The lowest BCUT2D eigenvalue weighted by Crippen LogP contribution is -2.21. The van der Waals surface area contributed by atoms with E-state index in [1.807, 2.05) is 0 Å². The van der Waals surface area contributed by atoms with Gasteiger partial charge in [0.2, 0.25) is 0 Å². The van der Waals surface area contributed by atoms with E-state index in [0.29, 0.717) is 0 Å². The fourth-order valence-corrected chi connectivity index (χ4v) is 4.39. The van der Waals surface area contributed by atoms with Gasteiger partial charge in [-0.15, -0.1) is 0 Å². The molecule has 0 unspecified atom stereocenters. The number of benzene rings is 2. The molecule has 0 heterocycles. The van der Waals surface area contributed by atoms with Crippen LogP contribution in [0.3, 0.4) is 0 Å². The molecule has 1 saturated carbocycles. The van der Waals surface area contributed by atoms with E-state index in [-0.39, 0.29) is 0 Å². The highest BCUT2D eigenvalue weighted by molar-refractivity contribution is 5.61. The molecule has 0 spiro atoms. The normalized spacial score (nSPS) is 13.9. The van der Waals surface area contributed by atoms with Gasteiger partial charge in [-0.05, 0) is 88.8 Å². The second-order valence-corrected chi connectivity index (χ2v) is 8.13. The van der Waals surface area contributed by atoms with Crippen LogP contribution in [-0.4, -0.2) is 26.2 Å². The van der Waals surface area contributed by atoms with E-state index in [9.17, 15) is 0 Å². The Hall–Kier alpha value is -2.48. The first-order valence-corrected chi connectivity index (χ1v) is 11.8. The molecule has 0 atom stereocenters. The summed E-state index contributed by atoms with van der Waals surface area (Å²) in [5, 5.41) is 0. The van der Waals surface area contributed by atoms with E-state index < -0.39 is 0 Å². The molecule has 1 aliphatic carbocycles. The third-order valence-corrected chi connectivity index (χ3v) is 6.32. The number of hydrogen-bond donors (Lipinski definition) is 0. The van der Waals surface area contributed by atoms with Gasteiger partial charge in [0.05, 0.1) is 0 Å². The lowest BCUT2D eigenvalue weighted by molar-refractivity contribution is 0.739. The van der Waals surface area contributed by atoms with Crippen LogP contribution in [0.15, 0.2) is 59.7 Å². The molecule has 2 heteroatoms. The quantitative estimate of drug-likeness (QED) is 0.453. The minimum absolute atomic E-state index is 1.06. The molecule has 160 valence electrons. The first-order chi connectivity index (χ1) is 14.7. The Morgan fingerprint density at radius 3 is 1.10 bits per heavy atom.